The SMILES string of the molecule is FC(F)(F)c1cc(-c2nc(-c3ccccc3)cc(-c3ccccc3)n2)cc(-n2c3ccccc3c3cc(-c4cc5c6c(c4)N(c4ccccc4)c4ccccc4B6c4ccccc4N5c4ccccc4)ccc32)c1. The lowest BCUT2D eigenvalue weighted by molar-refractivity contribution is -0.137. The maximum Gasteiger partial charge on any atom is 0.416 e. The Balaban J connectivity index is 0.985. The first-order valence-corrected chi connectivity index (χ1v) is 24.7. The van der Waals surface area contributed by atoms with Crippen LogP contribution in [0.5, 0.6) is 0 Å². The molecule has 0 atom stereocenters. The van der Waals surface area contributed by atoms with Gasteiger partial charge in [0.2, 0.25) is 0 Å². The summed E-state index contributed by atoms with van der Waals surface area (Å²) in [5, 5.41) is 1.82. The lowest BCUT2D eigenvalue weighted by atomic mass is 9.33. The molecule has 0 radical (unpaired) electrons. The second kappa shape index (κ2) is 17.1. The zero-order valence-corrected chi connectivity index (χ0v) is 39.6. The number of hydrogen-bond donors (Lipinski definition) is 0. The molecule has 0 N–H and O–H groups in total. The molecule has 74 heavy (non-hydrogen) atoms. The Morgan fingerprint density at radius 1 is 0.351 bits per heavy atom. The van der Waals surface area contributed by atoms with Crippen LogP contribution in [0.15, 0.2) is 249 Å². The highest BCUT2D eigenvalue weighted by Gasteiger charge is 2.43. The number of aromatic nitrogens is 3. The topological polar surface area (TPSA) is 37.2 Å². The fourth-order valence-electron chi connectivity index (χ4n) is 11.3. The number of hydrogen-bond acceptors (Lipinski definition) is 4. The van der Waals surface area contributed by atoms with Gasteiger partial charge in [-0.25, -0.2) is 9.97 Å². The van der Waals surface area contributed by atoms with Gasteiger partial charge in [0.25, 0.3) is 6.71 Å². The van der Waals surface area contributed by atoms with Crippen molar-refractivity contribution in [1.29, 1.82) is 0 Å². The number of rotatable bonds is 7. The van der Waals surface area contributed by atoms with Crippen LogP contribution in [0.2, 0.25) is 0 Å². The van der Waals surface area contributed by atoms with E-state index in [9.17, 15) is 0 Å². The lowest BCUT2D eigenvalue weighted by Gasteiger charge is -2.44. The normalized spacial score (nSPS) is 12.7. The molecular formula is C65H41BF3N5. The van der Waals surface area contributed by atoms with E-state index in [1.54, 1.807) is 6.07 Å². The average molecular weight is 960 g/mol. The first-order chi connectivity index (χ1) is 36.3. The summed E-state index contributed by atoms with van der Waals surface area (Å²) in [5.74, 6) is 0.193. The molecule has 12 aromatic rings. The lowest BCUT2D eigenvalue weighted by Crippen LogP contribution is -2.61. The maximum atomic E-state index is 15.3. The summed E-state index contributed by atoms with van der Waals surface area (Å²) in [7, 11) is 0. The Morgan fingerprint density at radius 2 is 0.851 bits per heavy atom. The van der Waals surface area contributed by atoms with E-state index in [1.165, 1.54) is 22.5 Å². The summed E-state index contributed by atoms with van der Waals surface area (Å²) in [6, 6.07) is 82.8. The fraction of sp³-hybridized carbons (Fsp3) is 0.0154. The van der Waals surface area contributed by atoms with Gasteiger partial charge in [-0.15, -0.1) is 0 Å². The Labute approximate surface area is 425 Å². The first-order valence-electron chi connectivity index (χ1n) is 24.7. The largest absolute Gasteiger partial charge is 0.416 e. The van der Waals surface area contributed by atoms with Crippen molar-refractivity contribution in [3.05, 3.63) is 254 Å². The molecule has 14 rings (SSSR count). The van der Waals surface area contributed by atoms with Crippen LogP contribution in [0.4, 0.5) is 47.3 Å². The molecular weight excluding hydrogens is 919 g/mol. The van der Waals surface area contributed by atoms with Gasteiger partial charge in [-0.1, -0.05) is 158 Å². The van der Waals surface area contributed by atoms with Crippen LogP contribution in [-0.2, 0) is 6.18 Å². The van der Waals surface area contributed by atoms with Gasteiger partial charge in [-0.3, -0.25) is 0 Å². The van der Waals surface area contributed by atoms with Crippen molar-refractivity contribution in [3.63, 3.8) is 0 Å². The summed E-state index contributed by atoms with van der Waals surface area (Å²) in [4.78, 5) is 14.7. The Hall–Kier alpha value is -9.47. The van der Waals surface area contributed by atoms with Gasteiger partial charge in [-0.2, -0.15) is 13.2 Å². The van der Waals surface area contributed by atoms with Crippen LogP contribution < -0.4 is 26.2 Å². The highest BCUT2D eigenvalue weighted by molar-refractivity contribution is 7.00. The molecule has 2 aliphatic heterocycles. The number of halogens is 3. The van der Waals surface area contributed by atoms with E-state index in [1.807, 2.05) is 108 Å². The molecule has 5 nitrogen and oxygen atoms in total. The molecule has 0 saturated heterocycles. The minimum atomic E-state index is -4.66. The van der Waals surface area contributed by atoms with Gasteiger partial charge in [0, 0.05) is 67.3 Å². The van der Waals surface area contributed by atoms with Gasteiger partial charge in [-0.05, 0) is 119 Å². The summed E-state index contributed by atoms with van der Waals surface area (Å²) < 4.78 is 47.7. The molecule has 2 aliphatic rings. The Kier molecular flexibility index (Phi) is 10.0. The number of anilines is 6. The van der Waals surface area contributed by atoms with Crippen molar-refractivity contribution in [2.75, 3.05) is 9.80 Å². The molecule has 0 unspecified atom stereocenters. The van der Waals surface area contributed by atoms with E-state index in [0.717, 1.165) is 84.3 Å². The van der Waals surface area contributed by atoms with Crippen molar-refractivity contribution in [1.82, 2.24) is 14.5 Å². The molecule has 4 heterocycles. The highest BCUT2D eigenvalue weighted by atomic mass is 19.4. The van der Waals surface area contributed by atoms with Gasteiger partial charge in [0.05, 0.1) is 28.0 Å². The number of benzene rings is 10. The third kappa shape index (κ3) is 7.11. The summed E-state index contributed by atoms with van der Waals surface area (Å²) in [6.45, 7) is -0.0321. The maximum absolute atomic E-state index is 15.3. The predicted molar refractivity (Wildman–Crippen MR) is 297 cm³/mol. The molecule has 2 aromatic heterocycles. The molecule has 0 amide bonds. The van der Waals surface area contributed by atoms with E-state index in [2.05, 4.69) is 137 Å². The van der Waals surface area contributed by atoms with Crippen molar-refractivity contribution < 1.29 is 13.2 Å². The van der Waals surface area contributed by atoms with Crippen LogP contribution in [0.3, 0.4) is 0 Å². The molecule has 10 aromatic carbocycles. The van der Waals surface area contributed by atoms with E-state index >= 15 is 13.2 Å². The average Bonchev–Trinajstić information content (AvgIpc) is 3.87. The smallest absolute Gasteiger partial charge is 0.311 e. The van der Waals surface area contributed by atoms with Gasteiger partial charge >= 0.3 is 6.18 Å². The molecule has 0 aliphatic carbocycles. The van der Waals surface area contributed by atoms with Crippen LogP contribution >= 0.6 is 0 Å². The molecule has 0 spiro atoms. The predicted octanol–water partition coefficient (Wildman–Crippen LogP) is 15.3. The van der Waals surface area contributed by atoms with Crippen LogP contribution in [-0.4, -0.2) is 21.2 Å². The van der Waals surface area contributed by atoms with E-state index in [-0.39, 0.29) is 18.1 Å². The highest BCUT2D eigenvalue weighted by Crippen LogP contribution is 2.47. The van der Waals surface area contributed by atoms with Crippen molar-refractivity contribution in [2.24, 2.45) is 0 Å². The third-order valence-corrected chi connectivity index (χ3v) is 14.5. The quantitative estimate of drug-likeness (QED) is 0.149. The van der Waals surface area contributed by atoms with Crippen LogP contribution in [0, 0.1) is 0 Å². The second-order valence-electron chi connectivity index (χ2n) is 18.9. The minimum absolute atomic E-state index is 0.0321. The summed E-state index contributed by atoms with van der Waals surface area (Å²) in [6.07, 6.45) is -4.66. The number of alkyl halides is 3. The first kappa shape index (κ1) is 43.3. The number of nitrogens with zero attached hydrogens (tertiary/aromatic N) is 5. The molecule has 0 fully saturated rings. The molecule has 0 bridgehead atoms. The van der Waals surface area contributed by atoms with Crippen molar-refractivity contribution in [2.45, 2.75) is 6.18 Å². The second-order valence-corrected chi connectivity index (χ2v) is 18.9. The van der Waals surface area contributed by atoms with Crippen LogP contribution in [0.25, 0.3) is 72.5 Å². The van der Waals surface area contributed by atoms with Gasteiger partial charge in [0.1, 0.15) is 0 Å². The monoisotopic (exact) mass is 959 g/mol. The van der Waals surface area contributed by atoms with Crippen molar-refractivity contribution >= 4 is 79.0 Å². The van der Waals surface area contributed by atoms with Gasteiger partial charge < -0.3 is 14.4 Å². The number of fused-ring (bicyclic) bond motifs is 7. The summed E-state index contributed by atoms with van der Waals surface area (Å²) >= 11 is 0. The fourth-order valence-corrected chi connectivity index (χ4v) is 11.3. The van der Waals surface area contributed by atoms with Gasteiger partial charge in [0.15, 0.2) is 5.82 Å². The number of para-hydroxylation sites is 5. The summed E-state index contributed by atoms with van der Waals surface area (Å²) in [5.41, 5.74) is 16.4. The van der Waals surface area contributed by atoms with E-state index in [4.69, 9.17) is 9.97 Å². The van der Waals surface area contributed by atoms with Crippen molar-refractivity contribution in [3.8, 4) is 50.7 Å². The zero-order chi connectivity index (χ0) is 49.5. The van der Waals surface area contributed by atoms with E-state index < -0.39 is 11.7 Å². The molecule has 0 saturated carbocycles. The standard InChI is InChI=1S/C65H41BF3N5/c67-65(68,69)47-35-46(64-70-55(42-19-5-1-6-20-42)41-56(71-64)43-21-7-2-8-22-43)36-50(40-47)74-57-30-16-13-27-51(57)52-37-44(33-34-58(52)74)45-38-61-63-62(39-45)73(49-25-11-4-12-26-49)60-32-18-15-29-54(60)66(63)53-28-14-17-31-59(53)72(61)48-23-9-3-10-24-48/h1-41H. The Morgan fingerprint density at radius 3 is 1.42 bits per heavy atom. The zero-order valence-electron chi connectivity index (χ0n) is 39.6. The minimum Gasteiger partial charge on any atom is -0.311 e. The molecule has 9 heteroatoms. The van der Waals surface area contributed by atoms with E-state index in [0.29, 0.717) is 17.1 Å². The molecule has 350 valence electrons. The third-order valence-electron chi connectivity index (χ3n) is 14.5. The van der Waals surface area contributed by atoms with Crippen LogP contribution in [0.1, 0.15) is 5.56 Å². The Bertz CT molecular complexity index is 3970.